The molecule has 0 atom stereocenters. The molecule has 7 nitrogen and oxygen atoms in total. The molecule has 0 spiro atoms. The van der Waals surface area contributed by atoms with Crippen LogP contribution in [0.5, 0.6) is 5.75 Å². The summed E-state index contributed by atoms with van der Waals surface area (Å²) in [4.78, 5) is 34.0. The highest BCUT2D eigenvalue weighted by atomic mass is 16.5. The zero-order valence-corrected chi connectivity index (χ0v) is 12.1. The molecule has 1 aromatic carbocycles. The van der Waals surface area contributed by atoms with Crippen molar-refractivity contribution in [3.8, 4) is 5.75 Å². The number of carbonyl (C=O) groups is 1. The Balaban J connectivity index is 1.85. The molecule has 3 N–H and O–H groups in total. The number of rotatable bonds is 3. The van der Waals surface area contributed by atoms with Crippen LogP contribution in [0.1, 0.15) is 16.3 Å². The van der Waals surface area contributed by atoms with E-state index in [0.29, 0.717) is 5.69 Å². The maximum absolute atomic E-state index is 12.2. The van der Waals surface area contributed by atoms with E-state index in [1.165, 1.54) is 19.4 Å². The molecule has 2 heterocycles. The van der Waals surface area contributed by atoms with Crippen molar-refractivity contribution in [1.82, 2.24) is 15.0 Å². The quantitative estimate of drug-likeness (QED) is 0.686. The molecule has 0 aliphatic carbocycles. The van der Waals surface area contributed by atoms with E-state index in [2.05, 4.69) is 20.3 Å². The predicted octanol–water partition coefficient (Wildman–Crippen LogP) is 1.82. The fourth-order valence-corrected chi connectivity index (χ4v) is 2.16. The van der Waals surface area contributed by atoms with Gasteiger partial charge in [0, 0.05) is 18.0 Å². The number of imidazole rings is 1. The summed E-state index contributed by atoms with van der Waals surface area (Å²) in [5.74, 6) is 0.555. The van der Waals surface area contributed by atoms with Crippen molar-refractivity contribution in [3.63, 3.8) is 0 Å². The van der Waals surface area contributed by atoms with Crippen molar-refractivity contribution < 1.29 is 9.53 Å². The molecule has 2 aromatic heterocycles. The first-order valence-corrected chi connectivity index (χ1v) is 6.61. The van der Waals surface area contributed by atoms with Gasteiger partial charge in [-0.1, -0.05) is 0 Å². The van der Waals surface area contributed by atoms with Crippen molar-refractivity contribution in [2.75, 3.05) is 12.4 Å². The number of hydrogen-bond donors (Lipinski definition) is 3. The van der Waals surface area contributed by atoms with Crippen LogP contribution in [0, 0.1) is 6.92 Å². The number of pyridine rings is 1. The lowest BCUT2D eigenvalue weighted by atomic mass is 10.2. The van der Waals surface area contributed by atoms with E-state index in [1.807, 2.05) is 13.0 Å². The topological polar surface area (TPSA) is 99.9 Å². The van der Waals surface area contributed by atoms with Crippen molar-refractivity contribution >= 4 is 22.6 Å². The molecule has 1 amide bonds. The van der Waals surface area contributed by atoms with Gasteiger partial charge in [-0.05, 0) is 25.1 Å². The largest absolute Gasteiger partial charge is 0.491 e. The van der Waals surface area contributed by atoms with Crippen LogP contribution in [0.2, 0.25) is 0 Å². The highest BCUT2D eigenvalue weighted by molar-refractivity contribution is 6.03. The number of benzene rings is 1. The molecule has 112 valence electrons. The molecule has 0 radical (unpaired) electrons. The average molecular weight is 298 g/mol. The average Bonchev–Trinajstić information content (AvgIpc) is 2.86. The van der Waals surface area contributed by atoms with E-state index in [4.69, 9.17) is 4.74 Å². The van der Waals surface area contributed by atoms with Crippen LogP contribution >= 0.6 is 0 Å². The van der Waals surface area contributed by atoms with E-state index in [1.54, 1.807) is 12.1 Å². The molecule has 0 bridgehead atoms. The third kappa shape index (κ3) is 2.56. The molecule has 0 fully saturated rings. The number of H-pyrrole nitrogens is 2. The summed E-state index contributed by atoms with van der Waals surface area (Å²) < 4.78 is 4.86. The van der Waals surface area contributed by atoms with E-state index in [-0.39, 0.29) is 16.9 Å². The number of hydrogen-bond acceptors (Lipinski definition) is 4. The first-order chi connectivity index (χ1) is 10.6. The van der Waals surface area contributed by atoms with Crippen molar-refractivity contribution in [3.05, 3.63) is 52.2 Å². The van der Waals surface area contributed by atoms with E-state index < -0.39 is 5.91 Å². The monoisotopic (exact) mass is 298 g/mol. The Hall–Kier alpha value is -3.09. The number of amides is 1. The zero-order valence-electron chi connectivity index (χ0n) is 12.1. The third-order valence-electron chi connectivity index (χ3n) is 3.20. The second-order valence-electron chi connectivity index (χ2n) is 4.79. The third-order valence-corrected chi connectivity index (χ3v) is 3.20. The van der Waals surface area contributed by atoms with Crippen LogP contribution in [0.15, 0.2) is 35.3 Å². The van der Waals surface area contributed by atoms with Gasteiger partial charge in [0.25, 0.3) is 5.91 Å². The number of aryl methyl sites for hydroxylation is 1. The Morgan fingerprint density at radius 2 is 2.14 bits per heavy atom. The Kier molecular flexibility index (Phi) is 3.38. The first-order valence-electron chi connectivity index (χ1n) is 6.61. The summed E-state index contributed by atoms with van der Waals surface area (Å²) in [7, 11) is 1.39. The van der Waals surface area contributed by atoms with E-state index >= 15 is 0 Å². The molecule has 22 heavy (non-hydrogen) atoms. The van der Waals surface area contributed by atoms with E-state index in [9.17, 15) is 9.59 Å². The van der Waals surface area contributed by atoms with Gasteiger partial charge in [-0.25, -0.2) is 4.98 Å². The number of methoxy groups -OCH3 is 1. The molecule has 3 aromatic rings. The predicted molar refractivity (Wildman–Crippen MR) is 82.4 cm³/mol. The van der Waals surface area contributed by atoms with Gasteiger partial charge in [-0.2, -0.15) is 0 Å². The minimum Gasteiger partial charge on any atom is -0.491 e. The Morgan fingerprint density at radius 1 is 1.32 bits per heavy atom. The molecular weight excluding hydrogens is 284 g/mol. The Morgan fingerprint density at radius 3 is 2.86 bits per heavy atom. The molecule has 3 rings (SSSR count). The lowest BCUT2D eigenvalue weighted by Gasteiger charge is -2.06. The van der Waals surface area contributed by atoms with Gasteiger partial charge in [0.1, 0.15) is 11.5 Å². The fraction of sp³-hybridized carbons (Fsp3) is 0.133. The summed E-state index contributed by atoms with van der Waals surface area (Å²) in [5.41, 5.74) is 2.07. The van der Waals surface area contributed by atoms with Gasteiger partial charge in [0.05, 0.1) is 18.1 Å². The van der Waals surface area contributed by atoms with Crippen molar-refractivity contribution in [1.29, 1.82) is 0 Å². The molecule has 0 aliphatic rings. The van der Waals surface area contributed by atoms with Crippen molar-refractivity contribution in [2.24, 2.45) is 0 Å². The summed E-state index contributed by atoms with van der Waals surface area (Å²) in [6.07, 6.45) is 1.36. The second kappa shape index (κ2) is 5.36. The summed E-state index contributed by atoms with van der Waals surface area (Å²) in [6.45, 7) is 1.86. The minimum atomic E-state index is -0.407. The molecule has 0 saturated heterocycles. The van der Waals surface area contributed by atoms with Gasteiger partial charge in [0.2, 0.25) is 5.43 Å². The summed E-state index contributed by atoms with van der Waals surface area (Å²) in [6, 6.07) is 6.55. The number of ether oxygens (including phenoxy) is 1. The normalized spacial score (nSPS) is 10.6. The standard InChI is InChI=1S/C15H14N4O3/c1-8-17-10-4-3-9(5-11(10)18-8)19-15(21)12-6-13(20)14(22-2)7-16-12/h3-7H,1-2H3,(H,16,20)(H,17,18)(H,19,21). The molecule has 0 aliphatic heterocycles. The van der Waals surface area contributed by atoms with Crippen molar-refractivity contribution in [2.45, 2.75) is 6.92 Å². The number of aromatic nitrogens is 3. The fourth-order valence-electron chi connectivity index (χ4n) is 2.16. The molecule has 0 unspecified atom stereocenters. The SMILES string of the molecule is COc1c[nH]c(C(=O)Nc2ccc3nc(C)[nH]c3c2)cc1=O. The van der Waals surface area contributed by atoms with Crippen LogP contribution in [-0.2, 0) is 0 Å². The van der Waals surface area contributed by atoms with Gasteiger partial charge in [0.15, 0.2) is 5.75 Å². The van der Waals surface area contributed by atoms with Crippen LogP contribution < -0.4 is 15.5 Å². The van der Waals surface area contributed by atoms with Crippen LogP contribution in [0.4, 0.5) is 5.69 Å². The van der Waals surface area contributed by atoms with Gasteiger partial charge in [-0.3, -0.25) is 9.59 Å². The summed E-state index contributed by atoms with van der Waals surface area (Å²) in [5, 5.41) is 2.73. The maximum atomic E-state index is 12.2. The van der Waals surface area contributed by atoms with E-state index in [0.717, 1.165) is 16.9 Å². The molecule has 7 heteroatoms. The first kappa shape index (κ1) is 13.9. The highest BCUT2D eigenvalue weighted by Crippen LogP contribution is 2.17. The molecular formula is C15H14N4O3. The Labute approximate surface area is 125 Å². The minimum absolute atomic E-state index is 0.158. The van der Waals surface area contributed by atoms with Crippen LogP contribution in [0.3, 0.4) is 0 Å². The van der Waals surface area contributed by atoms with Gasteiger partial charge in [-0.15, -0.1) is 0 Å². The number of aromatic amines is 2. The smallest absolute Gasteiger partial charge is 0.272 e. The highest BCUT2D eigenvalue weighted by Gasteiger charge is 2.10. The van der Waals surface area contributed by atoms with Crippen LogP contribution in [0.25, 0.3) is 11.0 Å². The zero-order chi connectivity index (χ0) is 15.7. The number of anilines is 1. The number of fused-ring (bicyclic) bond motifs is 1. The maximum Gasteiger partial charge on any atom is 0.272 e. The number of nitrogens with zero attached hydrogens (tertiary/aromatic N) is 1. The lowest BCUT2D eigenvalue weighted by molar-refractivity contribution is 0.102. The number of nitrogens with one attached hydrogen (secondary N) is 3. The molecule has 0 saturated carbocycles. The lowest BCUT2D eigenvalue weighted by Crippen LogP contribution is -2.17. The van der Waals surface area contributed by atoms with Gasteiger partial charge < -0.3 is 20.0 Å². The second-order valence-corrected chi connectivity index (χ2v) is 4.79. The summed E-state index contributed by atoms with van der Waals surface area (Å²) >= 11 is 0. The number of carbonyl (C=O) groups excluding carboxylic acids is 1. The van der Waals surface area contributed by atoms with Gasteiger partial charge >= 0.3 is 0 Å². The van der Waals surface area contributed by atoms with Crippen LogP contribution in [-0.4, -0.2) is 28.0 Å². The Bertz CT molecular complexity index is 911.